The quantitative estimate of drug-likeness (QED) is 0.508. The van der Waals surface area contributed by atoms with E-state index in [0.29, 0.717) is 23.0 Å². The fourth-order valence-corrected chi connectivity index (χ4v) is 1.61. The number of hydrogen-bond acceptors (Lipinski definition) is 5. The Labute approximate surface area is 116 Å². The van der Waals surface area contributed by atoms with Gasteiger partial charge in [0.1, 0.15) is 5.75 Å². The number of carbonyl (C=O) groups is 1. The summed E-state index contributed by atoms with van der Waals surface area (Å²) in [4.78, 5) is 15.4. The van der Waals surface area contributed by atoms with Gasteiger partial charge in [-0.1, -0.05) is 0 Å². The maximum absolute atomic E-state index is 11.4. The van der Waals surface area contributed by atoms with Gasteiger partial charge in [-0.15, -0.1) is 12.4 Å². The van der Waals surface area contributed by atoms with Gasteiger partial charge in [-0.05, 0) is 18.2 Å². The van der Waals surface area contributed by atoms with Gasteiger partial charge in [0, 0.05) is 12.5 Å². The number of carbonyl (C=O) groups excluding carboxylic acids is 1. The highest BCUT2D eigenvalue weighted by molar-refractivity contribution is 5.95. The standard InChI is InChI=1S/C12H13N3O3.ClH/c1-7-14-6-11(18-7)9-4-3-8(12(16)15-13)5-10(9)17-2;/h3-6H,13H2,1-2H3,(H,15,16);1H. The van der Waals surface area contributed by atoms with Gasteiger partial charge in [0.25, 0.3) is 5.91 Å². The van der Waals surface area contributed by atoms with E-state index in [0.717, 1.165) is 5.56 Å². The van der Waals surface area contributed by atoms with Crippen LogP contribution in [-0.4, -0.2) is 18.0 Å². The van der Waals surface area contributed by atoms with Crippen molar-refractivity contribution in [3.8, 4) is 17.1 Å². The highest BCUT2D eigenvalue weighted by Gasteiger charge is 2.13. The fourth-order valence-electron chi connectivity index (χ4n) is 1.61. The highest BCUT2D eigenvalue weighted by Crippen LogP contribution is 2.31. The molecule has 1 amide bonds. The Kier molecular flexibility index (Phi) is 4.91. The number of aryl methyl sites for hydroxylation is 1. The number of nitrogens with two attached hydrogens (primary N) is 1. The maximum atomic E-state index is 11.4. The average molecular weight is 284 g/mol. The van der Waals surface area contributed by atoms with Gasteiger partial charge in [0.2, 0.25) is 0 Å². The van der Waals surface area contributed by atoms with E-state index in [-0.39, 0.29) is 18.3 Å². The molecule has 2 rings (SSSR count). The number of hydrogen-bond donors (Lipinski definition) is 2. The molecule has 0 fully saturated rings. The van der Waals surface area contributed by atoms with Crippen molar-refractivity contribution in [2.45, 2.75) is 6.92 Å². The molecule has 0 bridgehead atoms. The molecule has 2 aromatic rings. The number of benzene rings is 1. The van der Waals surface area contributed by atoms with Crippen molar-refractivity contribution in [3.63, 3.8) is 0 Å². The van der Waals surface area contributed by atoms with Crippen LogP contribution in [0.4, 0.5) is 0 Å². The van der Waals surface area contributed by atoms with E-state index in [1.165, 1.54) is 7.11 Å². The molecule has 0 spiro atoms. The third kappa shape index (κ3) is 3.04. The second kappa shape index (κ2) is 6.21. The Morgan fingerprint density at radius 3 is 2.74 bits per heavy atom. The predicted octanol–water partition coefficient (Wildman–Crippen LogP) is 1.68. The van der Waals surface area contributed by atoms with Crippen LogP contribution in [0.2, 0.25) is 0 Å². The second-order valence-electron chi connectivity index (χ2n) is 3.63. The SMILES string of the molecule is COc1cc(C(=O)NN)ccc1-c1cnc(C)o1.Cl. The fraction of sp³-hybridized carbons (Fsp3) is 0.167. The van der Waals surface area contributed by atoms with Gasteiger partial charge in [0.15, 0.2) is 11.7 Å². The van der Waals surface area contributed by atoms with Crippen LogP contribution in [0.1, 0.15) is 16.2 Å². The first-order chi connectivity index (χ1) is 8.65. The molecule has 0 radical (unpaired) electrons. The Morgan fingerprint density at radius 2 is 2.21 bits per heavy atom. The zero-order chi connectivity index (χ0) is 13.1. The summed E-state index contributed by atoms with van der Waals surface area (Å²) in [5.74, 6) is 6.37. The van der Waals surface area contributed by atoms with Crippen molar-refractivity contribution < 1.29 is 13.9 Å². The van der Waals surface area contributed by atoms with E-state index in [1.807, 2.05) is 0 Å². The molecule has 0 aliphatic heterocycles. The molecule has 1 aromatic carbocycles. The van der Waals surface area contributed by atoms with Crippen LogP contribution in [0, 0.1) is 6.92 Å². The summed E-state index contributed by atoms with van der Waals surface area (Å²) in [5.41, 5.74) is 3.21. The third-order valence-electron chi connectivity index (χ3n) is 2.48. The van der Waals surface area contributed by atoms with Gasteiger partial charge >= 0.3 is 0 Å². The molecule has 3 N–H and O–H groups in total. The Hall–Kier alpha value is -2.05. The van der Waals surface area contributed by atoms with E-state index in [2.05, 4.69) is 10.4 Å². The van der Waals surface area contributed by atoms with E-state index in [9.17, 15) is 4.79 Å². The minimum Gasteiger partial charge on any atom is -0.496 e. The Morgan fingerprint density at radius 1 is 1.47 bits per heavy atom. The molecule has 0 saturated carbocycles. The Balaban J connectivity index is 0.00000180. The van der Waals surface area contributed by atoms with Crippen LogP contribution in [-0.2, 0) is 0 Å². The summed E-state index contributed by atoms with van der Waals surface area (Å²) in [5, 5.41) is 0. The van der Waals surface area contributed by atoms with E-state index in [1.54, 1.807) is 31.3 Å². The first-order valence-corrected chi connectivity index (χ1v) is 5.27. The molecule has 0 atom stereocenters. The van der Waals surface area contributed by atoms with Crippen molar-refractivity contribution in [1.82, 2.24) is 10.4 Å². The lowest BCUT2D eigenvalue weighted by atomic mass is 10.1. The summed E-state index contributed by atoms with van der Waals surface area (Å²) < 4.78 is 10.7. The molecule has 19 heavy (non-hydrogen) atoms. The molecular weight excluding hydrogens is 270 g/mol. The van der Waals surface area contributed by atoms with Gasteiger partial charge < -0.3 is 9.15 Å². The van der Waals surface area contributed by atoms with Gasteiger partial charge in [-0.2, -0.15) is 0 Å². The smallest absolute Gasteiger partial charge is 0.265 e. The summed E-state index contributed by atoms with van der Waals surface area (Å²) in [6.45, 7) is 1.76. The number of hydrazine groups is 1. The van der Waals surface area contributed by atoms with Crippen LogP contribution in [0.5, 0.6) is 5.75 Å². The van der Waals surface area contributed by atoms with E-state index in [4.69, 9.17) is 15.0 Å². The number of oxazole rings is 1. The number of amides is 1. The van der Waals surface area contributed by atoms with Crippen LogP contribution >= 0.6 is 12.4 Å². The maximum Gasteiger partial charge on any atom is 0.265 e. The van der Waals surface area contributed by atoms with Crippen LogP contribution in [0.15, 0.2) is 28.8 Å². The molecule has 0 unspecified atom stereocenters. The minimum atomic E-state index is -0.381. The topological polar surface area (TPSA) is 90.4 Å². The number of nitrogens with zero attached hydrogens (tertiary/aromatic N) is 1. The number of nitrogens with one attached hydrogen (secondary N) is 1. The molecular formula is C12H14ClN3O3. The number of methoxy groups -OCH3 is 1. The lowest BCUT2D eigenvalue weighted by molar-refractivity contribution is 0.0953. The third-order valence-corrected chi connectivity index (χ3v) is 2.48. The van der Waals surface area contributed by atoms with Gasteiger partial charge in [-0.25, -0.2) is 10.8 Å². The Bertz CT molecular complexity index is 583. The number of nitrogen functional groups attached to an aromatic ring is 1. The first kappa shape index (κ1) is 15.0. The van der Waals surface area contributed by atoms with E-state index >= 15 is 0 Å². The molecule has 0 saturated heterocycles. The predicted molar refractivity (Wildman–Crippen MR) is 72.1 cm³/mol. The summed E-state index contributed by atoms with van der Waals surface area (Å²) >= 11 is 0. The monoisotopic (exact) mass is 283 g/mol. The summed E-state index contributed by atoms with van der Waals surface area (Å²) in [7, 11) is 1.52. The van der Waals surface area contributed by atoms with Gasteiger partial charge in [-0.3, -0.25) is 10.2 Å². The molecule has 0 aliphatic rings. The molecule has 7 heteroatoms. The van der Waals surface area contributed by atoms with Crippen molar-refractivity contribution in [1.29, 1.82) is 0 Å². The summed E-state index contributed by atoms with van der Waals surface area (Å²) in [6, 6.07) is 4.95. The molecule has 6 nitrogen and oxygen atoms in total. The average Bonchev–Trinajstić information content (AvgIpc) is 2.83. The van der Waals surface area contributed by atoms with E-state index < -0.39 is 0 Å². The highest BCUT2D eigenvalue weighted by atomic mass is 35.5. The lowest BCUT2D eigenvalue weighted by Gasteiger charge is -2.08. The molecule has 1 aromatic heterocycles. The molecule has 102 valence electrons. The number of rotatable bonds is 3. The summed E-state index contributed by atoms with van der Waals surface area (Å²) in [6.07, 6.45) is 1.61. The number of halogens is 1. The minimum absolute atomic E-state index is 0. The normalized spacial score (nSPS) is 9.63. The van der Waals surface area contributed by atoms with Gasteiger partial charge in [0.05, 0.1) is 18.9 Å². The van der Waals surface area contributed by atoms with Crippen LogP contribution < -0.4 is 16.0 Å². The number of aromatic nitrogens is 1. The van der Waals surface area contributed by atoms with Crippen molar-refractivity contribution >= 4 is 18.3 Å². The van der Waals surface area contributed by atoms with Crippen LogP contribution in [0.25, 0.3) is 11.3 Å². The zero-order valence-corrected chi connectivity index (χ0v) is 11.3. The zero-order valence-electron chi connectivity index (χ0n) is 10.5. The van der Waals surface area contributed by atoms with Crippen LogP contribution in [0.3, 0.4) is 0 Å². The largest absolute Gasteiger partial charge is 0.496 e. The number of ether oxygens (including phenoxy) is 1. The molecule has 1 heterocycles. The lowest BCUT2D eigenvalue weighted by Crippen LogP contribution is -2.29. The van der Waals surface area contributed by atoms with Crippen molar-refractivity contribution in [2.75, 3.05) is 7.11 Å². The first-order valence-electron chi connectivity index (χ1n) is 5.27. The van der Waals surface area contributed by atoms with Crippen molar-refractivity contribution in [2.24, 2.45) is 5.84 Å². The second-order valence-corrected chi connectivity index (χ2v) is 3.63. The molecule has 0 aliphatic carbocycles. The van der Waals surface area contributed by atoms with Crippen molar-refractivity contribution in [3.05, 3.63) is 35.9 Å².